The predicted molar refractivity (Wildman–Crippen MR) is 66.8 cm³/mol. The van der Waals surface area contributed by atoms with Crippen molar-refractivity contribution in [1.29, 1.82) is 0 Å². The van der Waals surface area contributed by atoms with Crippen molar-refractivity contribution in [2.75, 3.05) is 13.1 Å². The summed E-state index contributed by atoms with van der Waals surface area (Å²) in [6.45, 7) is 1.98. The number of rotatable bonds is 1. The van der Waals surface area contributed by atoms with E-state index in [1.807, 2.05) is 0 Å². The molecule has 0 aromatic heterocycles. The standard InChI is InChI=1S/C12H16N2S/c13-12(15)14-8-4-7-11(9-14)10-5-2-1-3-6-10/h1-3,5-6,11H,4,7-9H2,(H2,13,15)/t11-/m1/s1. The minimum Gasteiger partial charge on any atom is -0.376 e. The second kappa shape index (κ2) is 4.62. The first-order valence-electron chi connectivity index (χ1n) is 5.36. The van der Waals surface area contributed by atoms with Gasteiger partial charge in [0.2, 0.25) is 0 Å². The normalized spacial score (nSPS) is 21.3. The zero-order valence-corrected chi connectivity index (χ0v) is 9.54. The molecule has 2 nitrogen and oxygen atoms in total. The molecular weight excluding hydrogens is 204 g/mol. The highest BCUT2D eigenvalue weighted by Gasteiger charge is 2.21. The lowest BCUT2D eigenvalue weighted by molar-refractivity contribution is 0.311. The Labute approximate surface area is 96.1 Å². The molecule has 80 valence electrons. The van der Waals surface area contributed by atoms with E-state index in [-0.39, 0.29) is 0 Å². The van der Waals surface area contributed by atoms with Crippen LogP contribution in [0.3, 0.4) is 0 Å². The van der Waals surface area contributed by atoms with E-state index in [2.05, 4.69) is 35.2 Å². The van der Waals surface area contributed by atoms with Gasteiger partial charge in [-0.3, -0.25) is 0 Å². The van der Waals surface area contributed by atoms with Gasteiger partial charge in [0, 0.05) is 19.0 Å². The Morgan fingerprint density at radius 1 is 1.33 bits per heavy atom. The van der Waals surface area contributed by atoms with E-state index in [1.54, 1.807) is 0 Å². The summed E-state index contributed by atoms with van der Waals surface area (Å²) in [5.41, 5.74) is 7.07. The van der Waals surface area contributed by atoms with Crippen molar-refractivity contribution in [3.05, 3.63) is 35.9 Å². The fourth-order valence-electron chi connectivity index (χ4n) is 2.17. The zero-order chi connectivity index (χ0) is 10.7. The summed E-state index contributed by atoms with van der Waals surface area (Å²) in [5, 5.41) is 0.538. The summed E-state index contributed by atoms with van der Waals surface area (Å²) in [7, 11) is 0. The van der Waals surface area contributed by atoms with Crippen LogP contribution in [0.15, 0.2) is 30.3 Å². The van der Waals surface area contributed by atoms with E-state index in [1.165, 1.54) is 18.4 Å². The van der Waals surface area contributed by atoms with E-state index in [0.717, 1.165) is 13.1 Å². The molecule has 0 bridgehead atoms. The maximum Gasteiger partial charge on any atom is 0.166 e. The maximum absolute atomic E-state index is 5.66. The third-order valence-electron chi connectivity index (χ3n) is 3.00. The molecule has 0 amide bonds. The van der Waals surface area contributed by atoms with Crippen LogP contribution in [0.1, 0.15) is 24.3 Å². The second-order valence-electron chi connectivity index (χ2n) is 4.03. The summed E-state index contributed by atoms with van der Waals surface area (Å²) in [4.78, 5) is 2.11. The average Bonchev–Trinajstić information content (AvgIpc) is 2.30. The van der Waals surface area contributed by atoms with Crippen molar-refractivity contribution in [2.24, 2.45) is 5.73 Å². The molecule has 2 N–H and O–H groups in total. The molecule has 0 aliphatic carbocycles. The van der Waals surface area contributed by atoms with E-state index in [4.69, 9.17) is 18.0 Å². The molecule has 1 atom stereocenters. The van der Waals surface area contributed by atoms with Crippen LogP contribution < -0.4 is 5.73 Å². The summed E-state index contributed by atoms with van der Waals surface area (Å²) in [6, 6.07) is 10.6. The van der Waals surface area contributed by atoms with Crippen molar-refractivity contribution < 1.29 is 0 Å². The Morgan fingerprint density at radius 3 is 2.73 bits per heavy atom. The minimum atomic E-state index is 0.538. The molecule has 1 aliphatic rings. The van der Waals surface area contributed by atoms with Crippen LogP contribution >= 0.6 is 12.2 Å². The lowest BCUT2D eigenvalue weighted by atomic mass is 9.91. The quantitative estimate of drug-likeness (QED) is 0.735. The Balaban J connectivity index is 2.08. The van der Waals surface area contributed by atoms with E-state index >= 15 is 0 Å². The Morgan fingerprint density at radius 2 is 2.07 bits per heavy atom. The molecule has 2 rings (SSSR count). The van der Waals surface area contributed by atoms with Crippen LogP contribution in [-0.4, -0.2) is 23.1 Å². The summed E-state index contributed by atoms with van der Waals surface area (Å²) in [5.74, 6) is 0.585. The number of thiocarbonyl (C=S) groups is 1. The topological polar surface area (TPSA) is 29.3 Å². The van der Waals surface area contributed by atoms with Gasteiger partial charge < -0.3 is 10.6 Å². The number of hydrogen-bond acceptors (Lipinski definition) is 1. The number of hydrogen-bond donors (Lipinski definition) is 1. The van der Waals surface area contributed by atoms with Gasteiger partial charge in [0.05, 0.1) is 0 Å². The Kier molecular flexibility index (Phi) is 3.21. The fraction of sp³-hybridized carbons (Fsp3) is 0.417. The van der Waals surface area contributed by atoms with Crippen LogP contribution in [0.2, 0.25) is 0 Å². The second-order valence-corrected chi connectivity index (χ2v) is 4.45. The van der Waals surface area contributed by atoms with Gasteiger partial charge in [-0.15, -0.1) is 0 Å². The molecule has 1 aromatic carbocycles. The molecular formula is C12H16N2S. The number of nitrogens with zero attached hydrogens (tertiary/aromatic N) is 1. The number of nitrogens with two attached hydrogens (primary N) is 1. The third kappa shape index (κ3) is 2.48. The van der Waals surface area contributed by atoms with Gasteiger partial charge in [-0.1, -0.05) is 30.3 Å². The number of piperidine rings is 1. The van der Waals surface area contributed by atoms with Crippen LogP contribution in [0.25, 0.3) is 0 Å². The first kappa shape index (κ1) is 10.4. The van der Waals surface area contributed by atoms with Gasteiger partial charge in [-0.05, 0) is 30.6 Å². The largest absolute Gasteiger partial charge is 0.376 e. The molecule has 15 heavy (non-hydrogen) atoms. The van der Waals surface area contributed by atoms with Crippen molar-refractivity contribution in [3.63, 3.8) is 0 Å². The van der Waals surface area contributed by atoms with E-state index in [0.29, 0.717) is 11.0 Å². The molecule has 0 radical (unpaired) electrons. The lowest BCUT2D eigenvalue weighted by Crippen LogP contribution is -2.42. The highest BCUT2D eigenvalue weighted by Crippen LogP contribution is 2.26. The Hall–Kier alpha value is -1.09. The van der Waals surface area contributed by atoms with Crippen molar-refractivity contribution in [3.8, 4) is 0 Å². The van der Waals surface area contributed by atoms with Crippen LogP contribution in [0, 0.1) is 0 Å². The lowest BCUT2D eigenvalue weighted by Gasteiger charge is -2.33. The van der Waals surface area contributed by atoms with Crippen molar-refractivity contribution in [2.45, 2.75) is 18.8 Å². The monoisotopic (exact) mass is 220 g/mol. The Bertz CT molecular complexity index is 337. The summed E-state index contributed by atoms with van der Waals surface area (Å²) >= 11 is 5.02. The summed E-state index contributed by atoms with van der Waals surface area (Å²) < 4.78 is 0. The van der Waals surface area contributed by atoms with Gasteiger partial charge in [0.25, 0.3) is 0 Å². The first-order valence-corrected chi connectivity index (χ1v) is 5.77. The highest BCUT2D eigenvalue weighted by atomic mass is 32.1. The summed E-state index contributed by atoms with van der Waals surface area (Å²) in [6.07, 6.45) is 2.42. The fourth-order valence-corrected chi connectivity index (χ4v) is 2.34. The number of likely N-dealkylation sites (tertiary alicyclic amines) is 1. The highest BCUT2D eigenvalue weighted by molar-refractivity contribution is 7.80. The molecule has 1 fully saturated rings. The maximum atomic E-state index is 5.66. The van der Waals surface area contributed by atoms with Gasteiger partial charge in [-0.25, -0.2) is 0 Å². The molecule has 1 aromatic rings. The van der Waals surface area contributed by atoms with Gasteiger partial charge in [0.15, 0.2) is 5.11 Å². The van der Waals surface area contributed by atoms with Gasteiger partial charge >= 0.3 is 0 Å². The number of benzene rings is 1. The van der Waals surface area contributed by atoms with Crippen LogP contribution in [-0.2, 0) is 0 Å². The minimum absolute atomic E-state index is 0.538. The molecule has 1 heterocycles. The zero-order valence-electron chi connectivity index (χ0n) is 8.73. The van der Waals surface area contributed by atoms with Crippen LogP contribution in [0.4, 0.5) is 0 Å². The smallest absolute Gasteiger partial charge is 0.166 e. The van der Waals surface area contributed by atoms with E-state index in [9.17, 15) is 0 Å². The van der Waals surface area contributed by atoms with Crippen molar-refractivity contribution >= 4 is 17.3 Å². The van der Waals surface area contributed by atoms with Gasteiger partial charge in [0.1, 0.15) is 0 Å². The predicted octanol–water partition coefficient (Wildman–Crippen LogP) is 2.11. The van der Waals surface area contributed by atoms with Crippen molar-refractivity contribution in [1.82, 2.24) is 4.90 Å². The van der Waals surface area contributed by atoms with Gasteiger partial charge in [-0.2, -0.15) is 0 Å². The molecule has 0 saturated carbocycles. The van der Waals surface area contributed by atoms with E-state index < -0.39 is 0 Å². The molecule has 1 aliphatic heterocycles. The first-order chi connectivity index (χ1) is 7.27. The molecule has 0 spiro atoms. The van der Waals surface area contributed by atoms with Crippen LogP contribution in [0.5, 0.6) is 0 Å². The molecule has 0 unspecified atom stereocenters. The SMILES string of the molecule is NC(=S)N1CCC[C@@H](c2ccccc2)C1. The molecule has 3 heteroatoms. The molecule has 1 saturated heterocycles. The average molecular weight is 220 g/mol. The third-order valence-corrected chi connectivity index (χ3v) is 3.26.